The highest BCUT2D eigenvalue weighted by atomic mass is 35.5. The number of esters is 2. The largest absolute Gasteiger partial charge is 0.468 e. The van der Waals surface area contributed by atoms with Crippen LogP contribution in [0.3, 0.4) is 0 Å². The Morgan fingerprint density at radius 3 is 1.82 bits per heavy atom. The second kappa shape index (κ2) is 9.51. The lowest BCUT2D eigenvalue weighted by Gasteiger charge is -2.28. The number of Topliss-reactive ketones (excluding diaryl/α,β-unsaturated/α-hetero) is 1. The van der Waals surface area contributed by atoms with Crippen molar-refractivity contribution in [1.82, 2.24) is 0 Å². The van der Waals surface area contributed by atoms with E-state index in [1.807, 2.05) is 19.1 Å². The zero-order chi connectivity index (χ0) is 20.8. The summed E-state index contributed by atoms with van der Waals surface area (Å²) >= 11 is 5.98. The highest BCUT2D eigenvalue weighted by Gasteiger charge is 2.43. The molecular formula is C22H23ClO5. The van der Waals surface area contributed by atoms with Crippen LogP contribution in [-0.2, 0) is 19.1 Å². The van der Waals surface area contributed by atoms with Crippen molar-refractivity contribution < 1.29 is 23.9 Å². The lowest BCUT2D eigenvalue weighted by Crippen LogP contribution is -2.37. The van der Waals surface area contributed by atoms with Crippen molar-refractivity contribution >= 4 is 29.3 Å². The number of methoxy groups -OCH3 is 2. The van der Waals surface area contributed by atoms with Crippen LogP contribution in [0.1, 0.15) is 34.3 Å². The van der Waals surface area contributed by atoms with Crippen molar-refractivity contribution in [1.29, 1.82) is 0 Å². The van der Waals surface area contributed by atoms with Crippen LogP contribution in [0.2, 0.25) is 5.02 Å². The van der Waals surface area contributed by atoms with Gasteiger partial charge in [0.1, 0.15) is 0 Å². The van der Waals surface area contributed by atoms with Crippen LogP contribution >= 0.6 is 11.6 Å². The average Bonchev–Trinajstić information content (AvgIpc) is 2.71. The molecular weight excluding hydrogens is 380 g/mol. The Morgan fingerprint density at radius 1 is 0.857 bits per heavy atom. The summed E-state index contributed by atoms with van der Waals surface area (Å²) in [5, 5.41) is 0.507. The number of carbonyl (C=O) groups is 3. The van der Waals surface area contributed by atoms with Crippen molar-refractivity contribution in [3.8, 4) is 0 Å². The van der Waals surface area contributed by atoms with Crippen molar-refractivity contribution in [3.63, 3.8) is 0 Å². The molecule has 2 aromatic rings. The third-order valence-corrected chi connectivity index (χ3v) is 5.06. The highest BCUT2D eigenvalue weighted by Crippen LogP contribution is 2.36. The number of aryl methyl sites for hydroxylation is 1. The maximum atomic E-state index is 13.1. The Labute approximate surface area is 169 Å². The summed E-state index contributed by atoms with van der Waals surface area (Å²) in [6.07, 6.45) is 0. The second-order valence-corrected chi connectivity index (χ2v) is 7.06. The zero-order valence-electron chi connectivity index (χ0n) is 16.3. The van der Waals surface area contributed by atoms with Crippen LogP contribution in [0.5, 0.6) is 0 Å². The monoisotopic (exact) mass is 402 g/mol. The second-order valence-electron chi connectivity index (χ2n) is 6.62. The number of hydrogen-bond donors (Lipinski definition) is 0. The number of benzene rings is 2. The molecule has 0 aliphatic rings. The molecule has 6 heteroatoms. The van der Waals surface area contributed by atoms with Gasteiger partial charge in [-0.1, -0.05) is 60.5 Å². The van der Waals surface area contributed by atoms with Crippen LogP contribution in [-0.4, -0.2) is 31.9 Å². The lowest BCUT2D eigenvalue weighted by atomic mass is 9.74. The minimum atomic E-state index is -1.28. The first kappa shape index (κ1) is 21.6. The van der Waals surface area contributed by atoms with Crippen LogP contribution in [0, 0.1) is 18.8 Å². The molecule has 0 saturated carbocycles. The zero-order valence-corrected chi connectivity index (χ0v) is 17.0. The van der Waals surface area contributed by atoms with Crippen molar-refractivity contribution in [3.05, 3.63) is 70.2 Å². The van der Waals surface area contributed by atoms with Gasteiger partial charge >= 0.3 is 11.9 Å². The molecule has 0 aliphatic carbocycles. The number of rotatable bonds is 7. The fraction of sp³-hybridized carbons (Fsp3) is 0.318. The molecule has 2 atom stereocenters. The Balaban J connectivity index is 2.53. The Morgan fingerprint density at radius 2 is 1.36 bits per heavy atom. The smallest absolute Gasteiger partial charge is 0.320 e. The molecule has 2 rings (SSSR count). The van der Waals surface area contributed by atoms with E-state index in [0.29, 0.717) is 16.1 Å². The van der Waals surface area contributed by atoms with Crippen LogP contribution in [0.4, 0.5) is 0 Å². The Bertz CT molecular complexity index is 826. The Kier molecular flexibility index (Phi) is 7.35. The molecule has 0 bridgehead atoms. The van der Waals surface area contributed by atoms with E-state index >= 15 is 0 Å². The molecule has 0 spiro atoms. The van der Waals surface area contributed by atoms with Gasteiger partial charge in [0.25, 0.3) is 0 Å². The van der Waals surface area contributed by atoms with E-state index < -0.39 is 29.7 Å². The topological polar surface area (TPSA) is 69.7 Å². The van der Waals surface area contributed by atoms with E-state index in [1.165, 1.54) is 14.2 Å². The maximum Gasteiger partial charge on any atom is 0.320 e. The van der Waals surface area contributed by atoms with Crippen molar-refractivity contribution in [2.24, 2.45) is 11.8 Å². The van der Waals surface area contributed by atoms with Crippen LogP contribution < -0.4 is 0 Å². The van der Waals surface area contributed by atoms with Gasteiger partial charge in [0.15, 0.2) is 11.7 Å². The standard InChI is InChI=1S/C22H23ClO5/c1-13-5-7-16(8-6-13)20(24)14(2)18(15-9-11-17(23)12-10-15)19(21(25)27-3)22(26)28-4/h5-12,14,18-19H,1-4H3/t14-,18-/m0/s1. The summed E-state index contributed by atoms with van der Waals surface area (Å²) in [5.41, 5.74) is 2.16. The molecule has 0 fully saturated rings. The van der Waals surface area contributed by atoms with Gasteiger partial charge in [-0.2, -0.15) is 0 Å². The number of carbonyl (C=O) groups excluding carboxylic acids is 3. The summed E-state index contributed by atoms with van der Waals surface area (Å²) in [5.74, 6) is -4.43. The lowest BCUT2D eigenvalue weighted by molar-refractivity contribution is -0.160. The van der Waals surface area contributed by atoms with Gasteiger partial charge in [0.2, 0.25) is 0 Å². The summed E-state index contributed by atoms with van der Waals surface area (Å²) in [6, 6.07) is 13.9. The van der Waals surface area contributed by atoms with E-state index in [2.05, 4.69) is 0 Å². The van der Waals surface area contributed by atoms with Gasteiger partial charge in [-0.15, -0.1) is 0 Å². The quantitative estimate of drug-likeness (QED) is 0.394. The molecule has 0 amide bonds. The fourth-order valence-electron chi connectivity index (χ4n) is 3.24. The number of ketones is 1. The van der Waals surface area contributed by atoms with E-state index in [1.54, 1.807) is 43.3 Å². The van der Waals surface area contributed by atoms with Gasteiger partial charge in [0.05, 0.1) is 14.2 Å². The molecule has 0 saturated heterocycles. The average molecular weight is 403 g/mol. The molecule has 28 heavy (non-hydrogen) atoms. The van der Waals surface area contributed by atoms with Crippen molar-refractivity contribution in [2.75, 3.05) is 14.2 Å². The van der Waals surface area contributed by atoms with E-state index in [-0.39, 0.29) is 5.78 Å². The summed E-state index contributed by atoms with van der Waals surface area (Å²) in [6.45, 7) is 3.62. The minimum Gasteiger partial charge on any atom is -0.468 e. The highest BCUT2D eigenvalue weighted by molar-refractivity contribution is 6.30. The van der Waals surface area contributed by atoms with Gasteiger partial charge in [-0.3, -0.25) is 14.4 Å². The fourth-order valence-corrected chi connectivity index (χ4v) is 3.37. The molecule has 0 N–H and O–H groups in total. The van der Waals surface area contributed by atoms with E-state index in [4.69, 9.17) is 21.1 Å². The van der Waals surface area contributed by atoms with E-state index in [9.17, 15) is 14.4 Å². The molecule has 0 aliphatic heterocycles. The van der Waals surface area contributed by atoms with Gasteiger partial charge in [-0.25, -0.2) is 0 Å². The van der Waals surface area contributed by atoms with Gasteiger partial charge in [-0.05, 0) is 24.6 Å². The first-order valence-corrected chi connectivity index (χ1v) is 9.20. The minimum absolute atomic E-state index is 0.183. The van der Waals surface area contributed by atoms with Crippen LogP contribution in [0.15, 0.2) is 48.5 Å². The molecule has 2 aromatic carbocycles. The third kappa shape index (κ3) is 4.78. The Hall–Kier alpha value is -2.66. The van der Waals surface area contributed by atoms with Crippen molar-refractivity contribution in [2.45, 2.75) is 19.8 Å². The predicted molar refractivity (Wildman–Crippen MR) is 106 cm³/mol. The number of hydrogen-bond acceptors (Lipinski definition) is 5. The molecule has 0 heterocycles. The molecule has 0 unspecified atom stereocenters. The summed E-state index contributed by atoms with van der Waals surface area (Å²) < 4.78 is 9.67. The SMILES string of the molecule is COC(=O)C(C(=O)OC)[C@H](c1ccc(Cl)cc1)[C@H](C)C(=O)c1ccc(C)cc1. The van der Waals surface area contributed by atoms with Crippen LogP contribution in [0.25, 0.3) is 0 Å². The first-order chi connectivity index (χ1) is 13.3. The van der Waals surface area contributed by atoms with E-state index in [0.717, 1.165) is 5.56 Å². The maximum absolute atomic E-state index is 13.1. The number of ether oxygens (including phenoxy) is 2. The predicted octanol–water partition coefficient (Wildman–Crippen LogP) is 4.21. The summed E-state index contributed by atoms with van der Waals surface area (Å²) in [4.78, 5) is 38.0. The number of halogens is 1. The normalized spacial score (nSPS) is 12.9. The molecule has 0 radical (unpaired) electrons. The molecule has 5 nitrogen and oxygen atoms in total. The van der Waals surface area contributed by atoms with Gasteiger partial charge in [0, 0.05) is 22.4 Å². The molecule has 0 aromatic heterocycles. The first-order valence-electron chi connectivity index (χ1n) is 8.82. The third-order valence-electron chi connectivity index (χ3n) is 4.81. The summed E-state index contributed by atoms with van der Waals surface area (Å²) in [7, 11) is 2.40. The molecule has 148 valence electrons. The van der Waals surface area contributed by atoms with Gasteiger partial charge < -0.3 is 9.47 Å².